The highest BCUT2D eigenvalue weighted by Crippen LogP contribution is 2.21. The Morgan fingerprint density at radius 1 is 1.45 bits per heavy atom. The number of amides is 1. The molecule has 1 aliphatic rings. The maximum atomic E-state index is 12.7. The predicted octanol–water partition coefficient (Wildman–Crippen LogP) is 2.60. The van der Waals surface area contributed by atoms with Gasteiger partial charge in [0, 0.05) is 51.2 Å². The van der Waals surface area contributed by atoms with Crippen LogP contribution in [0, 0.1) is 5.92 Å². The van der Waals surface area contributed by atoms with Crippen LogP contribution in [0.15, 0.2) is 30.7 Å². The van der Waals surface area contributed by atoms with Gasteiger partial charge in [-0.3, -0.25) is 4.79 Å². The minimum Gasteiger partial charge on any atom is -0.341 e. The average Bonchev–Trinajstić information content (AvgIpc) is 3.14. The van der Waals surface area contributed by atoms with Gasteiger partial charge >= 0.3 is 0 Å². The van der Waals surface area contributed by atoms with Gasteiger partial charge in [0.15, 0.2) is 0 Å². The van der Waals surface area contributed by atoms with Crippen LogP contribution in [0.5, 0.6) is 0 Å². The Morgan fingerprint density at radius 3 is 3.05 bits per heavy atom. The van der Waals surface area contributed by atoms with E-state index in [9.17, 15) is 4.79 Å². The van der Waals surface area contributed by atoms with Crippen LogP contribution in [-0.2, 0) is 13.0 Å². The van der Waals surface area contributed by atoms with Crippen molar-refractivity contribution in [3.63, 3.8) is 0 Å². The summed E-state index contributed by atoms with van der Waals surface area (Å²) < 4.78 is 4.24. The zero-order valence-electron chi connectivity index (χ0n) is 13.6. The van der Waals surface area contributed by atoms with Crippen molar-refractivity contribution >= 4 is 5.91 Å². The molecule has 0 N–H and O–H groups in total. The van der Waals surface area contributed by atoms with E-state index in [4.69, 9.17) is 0 Å². The van der Waals surface area contributed by atoms with Gasteiger partial charge in [-0.25, -0.2) is 4.98 Å². The lowest BCUT2D eigenvalue weighted by Gasteiger charge is -2.28. The molecule has 5 nitrogen and oxygen atoms in total. The molecule has 0 saturated carbocycles. The minimum atomic E-state index is 0.104. The number of rotatable bonds is 4. The molecule has 0 saturated heterocycles. The number of aromatic nitrogens is 3. The zero-order chi connectivity index (χ0) is 15.7. The molecule has 1 amide bonds. The fourth-order valence-electron chi connectivity index (χ4n) is 3.26. The van der Waals surface area contributed by atoms with Gasteiger partial charge < -0.3 is 14.0 Å². The van der Waals surface area contributed by atoms with Gasteiger partial charge in [-0.15, -0.1) is 0 Å². The molecule has 2 aromatic rings. The third-order valence-electron chi connectivity index (χ3n) is 4.48. The smallest absolute Gasteiger partial charge is 0.270 e. The molecule has 2 aromatic heterocycles. The first-order valence-electron chi connectivity index (χ1n) is 7.98. The van der Waals surface area contributed by atoms with E-state index in [1.165, 1.54) is 0 Å². The van der Waals surface area contributed by atoms with Crippen LogP contribution in [-0.4, -0.2) is 38.5 Å². The van der Waals surface area contributed by atoms with Crippen LogP contribution in [0.3, 0.4) is 0 Å². The second kappa shape index (κ2) is 5.99. The number of carbonyl (C=O) groups is 1. The molecule has 0 aliphatic carbocycles. The maximum absolute atomic E-state index is 12.7. The van der Waals surface area contributed by atoms with Crippen molar-refractivity contribution in [1.82, 2.24) is 19.0 Å². The highest BCUT2D eigenvalue weighted by Gasteiger charge is 2.24. The molecule has 22 heavy (non-hydrogen) atoms. The average molecular weight is 300 g/mol. The molecular formula is C17H24N4O. The second-order valence-electron chi connectivity index (χ2n) is 6.48. The van der Waals surface area contributed by atoms with E-state index in [1.807, 2.05) is 47.2 Å². The van der Waals surface area contributed by atoms with Crippen molar-refractivity contribution < 1.29 is 4.79 Å². The molecule has 3 rings (SSSR count). The lowest BCUT2D eigenvalue weighted by Crippen LogP contribution is -2.36. The standard InChI is InChI=1S/C17H24N4O/c1-13(2)21-8-4-5-15(21)17(22)19(3)12-14-6-9-20-10-7-18-16(20)11-14/h4-5,7-8,10,13-14H,6,9,11-12H2,1-3H3/t14-/m1/s1. The van der Waals surface area contributed by atoms with Crippen molar-refractivity contribution in [3.8, 4) is 0 Å². The summed E-state index contributed by atoms with van der Waals surface area (Å²) in [6.07, 6.45) is 7.93. The molecule has 118 valence electrons. The summed E-state index contributed by atoms with van der Waals surface area (Å²) >= 11 is 0. The highest BCUT2D eigenvalue weighted by molar-refractivity contribution is 5.92. The molecule has 0 fully saturated rings. The van der Waals surface area contributed by atoms with E-state index < -0.39 is 0 Å². The molecule has 0 aromatic carbocycles. The first kappa shape index (κ1) is 14.9. The third kappa shape index (κ3) is 2.80. The Labute approximate surface area is 131 Å². The van der Waals surface area contributed by atoms with Crippen LogP contribution in [0.25, 0.3) is 0 Å². The van der Waals surface area contributed by atoms with E-state index in [1.54, 1.807) is 0 Å². The summed E-state index contributed by atoms with van der Waals surface area (Å²) in [5.74, 6) is 1.74. The lowest BCUT2D eigenvalue weighted by molar-refractivity contribution is 0.0751. The summed E-state index contributed by atoms with van der Waals surface area (Å²) in [6.45, 7) is 5.98. The Morgan fingerprint density at radius 2 is 2.27 bits per heavy atom. The number of hydrogen-bond acceptors (Lipinski definition) is 2. The Hall–Kier alpha value is -2.04. The van der Waals surface area contributed by atoms with Gasteiger partial charge in [0.2, 0.25) is 0 Å². The number of carbonyl (C=O) groups excluding carboxylic acids is 1. The van der Waals surface area contributed by atoms with Crippen LogP contribution in [0.4, 0.5) is 0 Å². The Kier molecular flexibility index (Phi) is 4.05. The molecule has 0 radical (unpaired) electrons. The normalized spacial score (nSPS) is 17.5. The van der Waals surface area contributed by atoms with E-state index in [2.05, 4.69) is 23.4 Å². The maximum Gasteiger partial charge on any atom is 0.270 e. The van der Waals surface area contributed by atoms with E-state index >= 15 is 0 Å². The highest BCUT2D eigenvalue weighted by atomic mass is 16.2. The van der Waals surface area contributed by atoms with Gasteiger partial charge in [-0.2, -0.15) is 0 Å². The largest absolute Gasteiger partial charge is 0.341 e. The summed E-state index contributed by atoms with van der Waals surface area (Å²) in [5, 5.41) is 0. The van der Waals surface area contributed by atoms with Crippen LogP contribution in [0.2, 0.25) is 0 Å². The molecule has 1 atom stereocenters. The molecule has 0 bridgehead atoms. The minimum absolute atomic E-state index is 0.104. The summed E-state index contributed by atoms with van der Waals surface area (Å²) in [5.41, 5.74) is 0.773. The number of aryl methyl sites for hydroxylation is 1. The van der Waals surface area contributed by atoms with Crippen molar-refractivity contribution in [2.45, 2.75) is 39.3 Å². The fraction of sp³-hybridized carbons (Fsp3) is 0.529. The number of nitrogens with zero attached hydrogens (tertiary/aromatic N) is 4. The van der Waals surface area contributed by atoms with E-state index in [0.717, 1.165) is 37.4 Å². The van der Waals surface area contributed by atoms with Gasteiger partial charge in [-0.1, -0.05) is 0 Å². The van der Waals surface area contributed by atoms with Crippen molar-refractivity contribution in [2.75, 3.05) is 13.6 Å². The summed E-state index contributed by atoms with van der Waals surface area (Å²) in [6, 6.07) is 4.15. The molecule has 5 heteroatoms. The summed E-state index contributed by atoms with van der Waals surface area (Å²) in [7, 11) is 1.90. The van der Waals surface area contributed by atoms with Crippen molar-refractivity contribution in [2.24, 2.45) is 5.92 Å². The van der Waals surface area contributed by atoms with Crippen molar-refractivity contribution in [1.29, 1.82) is 0 Å². The quantitative estimate of drug-likeness (QED) is 0.871. The Balaban J connectivity index is 1.66. The van der Waals surface area contributed by atoms with Crippen LogP contribution >= 0.6 is 0 Å². The monoisotopic (exact) mass is 300 g/mol. The first-order valence-corrected chi connectivity index (χ1v) is 7.98. The summed E-state index contributed by atoms with van der Waals surface area (Å²) in [4.78, 5) is 18.9. The fourth-order valence-corrected chi connectivity index (χ4v) is 3.26. The number of hydrogen-bond donors (Lipinski definition) is 0. The number of imidazole rings is 1. The molecular weight excluding hydrogens is 276 g/mol. The van der Waals surface area contributed by atoms with Gasteiger partial charge in [0.25, 0.3) is 5.91 Å². The first-order chi connectivity index (χ1) is 10.6. The lowest BCUT2D eigenvalue weighted by atomic mass is 9.97. The second-order valence-corrected chi connectivity index (χ2v) is 6.48. The molecule has 1 aliphatic heterocycles. The van der Waals surface area contributed by atoms with Crippen LogP contribution < -0.4 is 0 Å². The molecule has 3 heterocycles. The molecule has 0 spiro atoms. The van der Waals surface area contributed by atoms with Gasteiger partial charge in [0.1, 0.15) is 11.5 Å². The molecule has 0 unspecified atom stereocenters. The van der Waals surface area contributed by atoms with E-state index in [0.29, 0.717) is 12.0 Å². The topological polar surface area (TPSA) is 43.1 Å². The Bertz CT molecular complexity index is 655. The number of fused-ring (bicyclic) bond motifs is 1. The van der Waals surface area contributed by atoms with E-state index in [-0.39, 0.29) is 5.91 Å². The van der Waals surface area contributed by atoms with Crippen LogP contribution in [0.1, 0.15) is 42.6 Å². The zero-order valence-corrected chi connectivity index (χ0v) is 13.6. The third-order valence-corrected chi connectivity index (χ3v) is 4.48. The van der Waals surface area contributed by atoms with Crippen molar-refractivity contribution in [3.05, 3.63) is 42.2 Å². The SMILES string of the molecule is CC(C)n1cccc1C(=O)N(C)C[C@@H]1CCn2ccnc2C1. The van der Waals surface area contributed by atoms with Gasteiger partial charge in [0.05, 0.1) is 0 Å². The van der Waals surface area contributed by atoms with Gasteiger partial charge in [-0.05, 0) is 38.3 Å². The predicted molar refractivity (Wildman–Crippen MR) is 85.8 cm³/mol.